The molecule has 1 aliphatic rings. The van der Waals surface area contributed by atoms with Crippen LogP contribution in [0.1, 0.15) is 18.4 Å². The van der Waals surface area contributed by atoms with Crippen molar-refractivity contribution in [1.82, 2.24) is 4.90 Å². The third-order valence-electron chi connectivity index (χ3n) is 3.40. The van der Waals surface area contributed by atoms with E-state index in [-0.39, 0.29) is 18.4 Å². The number of amides is 1. The number of halogens is 1. The number of rotatable bonds is 3. The number of aliphatic hydroxyl groups excluding tert-OH is 1. The van der Waals surface area contributed by atoms with Gasteiger partial charge in [0.25, 0.3) is 0 Å². The summed E-state index contributed by atoms with van der Waals surface area (Å²) in [7, 11) is 0. The third-order valence-corrected chi connectivity index (χ3v) is 3.74. The molecule has 1 amide bonds. The van der Waals surface area contributed by atoms with Crippen molar-refractivity contribution in [2.75, 3.05) is 19.7 Å². The van der Waals surface area contributed by atoms with E-state index in [0.717, 1.165) is 24.9 Å². The Morgan fingerprint density at radius 3 is 3.00 bits per heavy atom. The van der Waals surface area contributed by atoms with E-state index in [1.54, 1.807) is 23.1 Å². The highest BCUT2D eigenvalue weighted by molar-refractivity contribution is 6.32. The number of carbonyl (C=O) groups is 1. The molecule has 1 aliphatic heterocycles. The van der Waals surface area contributed by atoms with E-state index in [1.165, 1.54) is 0 Å². The Labute approximate surface area is 118 Å². The molecule has 4 heteroatoms. The Morgan fingerprint density at radius 2 is 2.26 bits per heavy atom. The minimum atomic E-state index is -0.0157. The summed E-state index contributed by atoms with van der Waals surface area (Å²) in [4.78, 5) is 13.8. The zero-order valence-corrected chi connectivity index (χ0v) is 11.5. The molecule has 0 bridgehead atoms. The lowest BCUT2D eigenvalue weighted by Crippen LogP contribution is -2.40. The molecule has 1 fully saturated rings. The molecule has 19 heavy (non-hydrogen) atoms. The molecule has 0 radical (unpaired) electrons. The molecule has 0 aliphatic carbocycles. The SMILES string of the molecule is O=C(/C=C/c1ccccc1Cl)N1CCCC(CO)C1. The van der Waals surface area contributed by atoms with Gasteiger partial charge < -0.3 is 10.0 Å². The standard InChI is InChI=1S/C15H18ClNO2/c16-14-6-2-1-5-13(14)7-8-15(19)17-9-3-4-12(10-17)11-18/h1-2,5-8,12,18H,3-4,9-11H2/b8-7+. The summed E-state index contributed by atoms with van der Waals surface area (Å²) in [5.41, 5.74) is 0.841. The maximum absolute atomic E-state index is 12.1. The Bertz CT molecular complexity index is 473. The molecule has 1 saturated heterocycles. The van der Waals surface area contributed by atoms with E-state index >= 15 is 0 Å². The minimum Gasteiger partial charge on any atom is -0.396 e. The van der Waals surface area contributed by atoms with Crippen molar-refractivity contribution >= 4 is 23.6 Å². The third kappa shape index (κ3) is 3.82. The molecular formula is C15H18ClNO2. The largest absolute Gasteiger partial charge is 0.396 e. The molecule has 0 saturated carbocycles. The highest BCUT2D eigenvalue weighted by atomic mass is 35.5. The first-order valence-corrected chi connectivity index (χ1v) is 6.91. The topological polar surface area (TPSA) is 40.5 Å². The molecule has 1 unspecified atom stereocenters. The predicted octanol–water partition coefficient (Wildman–Crippen LogP) is 2.58. The molecule has 3 nitrogen and oxygen atoms in total. The van der Waals surface area contributed by atoms with Crippen molar-refractivity contribution < 1.29 is 9.90 Å². The first-order valence-electron chi connectivity index (χ1n) is 6.53. The van der Waals surface area contributed by atoms with Crippen molar-refractivity contribution in [2.45, 2.75) is 12.8 Å². The van der Waals surface area contributed by atoms with E-state index in [4.69, 9.17) is 16.7 Å². The summed E-state index contributed by atoms with van der Waals surface area (Å²) >= 11 is 6.03. The molecular weight excluding hydrogens is 262 g/mol. The summed E-state index contributed by atoms with van der Waals surface area (Å²) < 4.78 is 0. The van der Waals surface area contributed by atoms with Crippen LogP contribution in [0.25, 0.3) is 6.08 Å². The smallest absolute Gasteiger partial charge is 0.246 e. The first kappa shape index (κ1) is 14.1. The summed E-state index contributed by atoms with van der Waals surface area (Å²) in [6.07, 6.45) is 5.25. The van der Waals surface area contributed by atoms with Crippen LogP contribution in [-0.4, -0.2) is 35.6 Å². The molecule has 1 aromatic carbocycles. The average Bonchev–Trinajstić information content (AvgIpc) is 2.46. The van der Waals surface area contributed by atoms with Gasteiger partial charge in [0, 0.05) is 30.8 Å². The fraction of sp³-hybridized carbons (Fsp3) is 0.400. The molecule has 1 atom stereocenters. The van der Waals surface area contributed by atoms with Gasteiger partial charge in [0.05, 0.1) is 0 Å². The van der Waals surface area contributed by atoms with Crippen LogP contribution in [0.3, 0.4) is 0 Å². The Kier molecular flexibility index (Phi) is 5.00. The number of hydrogen-bond acceptors (Lipinski definition) is 2. The van der Waals surface area contributed by atoms with Crippen molar-refractivity contribution in [2.24, 2.45) is 5.92 Å². The van der Waals surface area contributed by atoms with E-state index < -0.39 is 0 Å². The second-order valence-corrected chi connectivity index (χ2v) is 5.24. The van der Waals surface area contributed by atoms with Gasteiger partial charge in [-0.1, -0.05) is 29.8 Å². The minimum absolute atomic E-state index is 0.0157. The van der Waals surface area contributed by atoms with Gasteiger partial charge >= 0.3 is 0 Å². The molecule has 102 valence electrons. The Balaban J connectivity index is 1.99. The van der Waals surface area contributed by atoms with Crippen molar-refractivity contribution in [3.8, 4) is 0 Å². The molecule has 1 N–H and O–H groups in total. The number of likely N-dealkylation sites (tertiary alicyclic amines) is 1. The number of aliphatic hydroxyl groups is 1. The fourth-order valence-electron chi connectivity index (χ4n) is 2.29. The van der Waals surface area contributed by atoms with Crippen LogP contribution in [0.15, 0.2) is 30.3 Å². The number of nitrogens with zero attached hydrogens (tertiary/aromatic N) is 1. The maximum Gasteiger partial charge on any atom is 0.246 e. The van der Waals surface area contributed by atoms with E-state index in [9.17, 15) is 4.79 Å². The highest BCUT2D eigenvalue weighted by Crippen LogP contribution is 2.18. The van der Waals surface area contributed by atoms with Gasteiger partial charge in [-0.2, -0.15) is 0 Å². The zero-order chi connectivity index (χ0) is 13.7. The van der Waals surface area contributed by atoms with Crippen LogP contribution in [-0.2, 0) is 4.79 Å². The molecule has 1 heterocycles. The number of carbonyl (C=O) groups excluding carboxylic acids is 1. The van der Waals surface area contributed by atoms with Gasteiger partial charge in [0.15, 0.2) is 0 Å². The Morgan fingerprint density at radius 1 is 1.47 bits per heavy atom. The fourth-order valence-corrected chi connectivity index (χ4v) is 2.49. The van der Waals surface area contributed by atoms with Crippen molar-refractivity contribution in [1.29, 1.82) is 0 Å². The number of piperidine rings is 1. The van der Waals surface area contributed by atoms with E-state index in [2.05, 4.69) is 0 Å². The van der Waals surface area contributed by atoms with Gasteiger partial charge in [-0.3, -0.25) is 4.79 Å². The zero-order valence-electron chi connectivity index (χ0n) is 10.8. The van der Waals surface area contributed by atoms with Crippen LogP contribution >= 0.6 is 11.6 Å². The van der Waals surface area contributed by atoms with Crippen LogP contribution in [0, 0.1) is 5.92 Å². The second-order valence-electron chi connectivity index (χ2n) is 4.83. The maximum atomic E-state index is 12.1. The monoisotopic (exact) mass is 279 g/mol. The summed E-state index contributed by atoms with van der Waals surface area (Å²) in [5, 5.41) is 9.80. The lowest BCUT2D eigenvalue weighted by Gasteiger charge is -2.31. The quantitative estimate of drug-likeness (QED) is 0.864. The van der Waals surface area contributed by atoms with Crippen LogP contribution in [0.2, 0.25) is 5.02 Å². The molecule has 0 spiro atoms. The summed E-state index contributed by atoms with van der Waals surface area (Å²) in [5.74, 6) is 0.199. The van der Waals surface area contributed by atoms with Gasteiger partial charge in [-0.15, -0.1) is 0 Å². The number of hydrogen-bond donors (Lipinski definition) is 1. The summed E-state index contributed by atoms with van der Waals surface area (Å²) in [6.45, 7) is 1.56. The Hall–Kier alpha value is -1.32. The second kappa shape index (κ2) is 6.73. The van der Waals surface area contributed by atoms with Gasteiger partial charge in [0.1, 0.15) is 0 Å². The molecule has 0 aromatic heterocycles. The summed E-state index contributed by atoms with van der Waals surface area (Å²) in [6, 6.07) is 7.42. The van der Waals surface area contributed by atoms with Crippen molar-refractivity contribution in [3.05, 3.63) is 40.9 Å². The van der Waals surface area contributed by atoms with Gasteiger partial charge in [-0.25, -0.2) is 0 Å². The lowest BCUT2D eigenvalue weighted by molar-refractivity contribution is -0.127. The van der Waals surface area contributed by atoms with E-state index in [0.29, 0.717) is 11.6 Å². The van der Waals surface area contributed by atoms with Gasteiger partial charge in [0.2, 0.25) is 5.91 Å². The normalized spacial score (nSPS) is 19.9. The molecule has 1 aromatic rings. The predicted molar refractivity (Wildman–Crippen MR) is 76.9 cm³/mol. The molecule has 2 rings (SSSR count). The lowest BCUT2D eigenvalue weighted by atomic mass is 9.99. The van der Waals surface area contributed by atoms with Crippen molar-refractivity contribution in [3.63, 3.8) is 0 Å². The van der Waals surface area contributed by atoms with Crippen LogP contribution in [0.4, 0.5) is 0 Å². The van der Waals surface area contributed by atoms with E-state index in [1.807, 2.05) is 18.2 Å². The van der Waals surface area contributed by atoms with Crippen LogP contribution in [0.5, 0.6) is 0 Å². The first-order chi connectivity index (χ1) is 9.20. The van der Waals surface area contributed by atoms with Crippen LogP contribution < -0.4 is 0 Å². The van der Waals surface area contributed by atoms with Gasteiger partial charge in [-0.05, 0) is 36.5 Å². The highest BCUT2D eigenvalue weighted by Gasteiger charge is 2.21. The number of benzene rings is 1. The average molecular weight is 280 g/mol.